The number of aromatic amines is 1. The number of carbonyl (C=O) groups is 1. The van der Waals surface area contributed by atoms with Gasteiger partial charge in [0.1, 0.15) is 17.3 Å². The number of pyridine rings is 1. The molecule has 2 aliphatic carbocycles. The molecule has 190 valence electrons. The Labute approximate surface area is 215 Å². The van der Waals surface area contributed by atoms with Crippen LogP contribution in [0.2, 0.25) is 0 Å². The Morgan fingerprint density at radius 1 is 0.973 bits per heavy atom. The van der Waals surface area contributed by atoms with Gasteiger partial charge in [0.2, 0.25) is 5.91 Å². The highest BCUT2D eigenvalue weighted by Gasteiger charge is 2.28. The van der Waals surface area contributed by atoms with E-state index in [0.29, 0.717) is 22.4 Å². The molecule has 0 radical (unpaired) electrons. The minimum Gasteiger partial charge on any atom is -0.367 e. The molecule has 3 heterocycles. The first-order valence-corrected chi connectivity index (χ1v) is 13.3. The van der Waals surface area contributed by atoms with Crippen LogP contribution in [-0.4, -0.2) is 37.9 Å². The molecule has 6 rings (SSSR count). The maximum atomic E-state index is 14.0. The summed E-state index contributed by atoms with van der Waals surface area (Å²) in [5, 5.41) is 7.58. The molecule has 2 atom stereocenters. The monoisotopic (exact) mass is 498 g/mol. The number of fused-ring (bicyclic) bond motifs is 1. The first kappa shape index (κ1) is 23.6. The van der Waals surface area contributed by atoms with Crippen LogP contribution in [0.15, 0.2) is 54.9 Å². The highest BCUT2D eigenvalue weighted by Crippen LogP contribution is 2.31. The van der Waals surface area contributed by atoms with Crippen LogP contribution in [-0.2, 0) is 4.79 Å². The van der Waals surface area contributed by atoms with Crippen LogP contribution >= 0.6 is 0 Å². The van der Waals surface area contributed by atoms with Crippen molar-refractivity contribution in [1.29, 1.82) is 0 Å². The Kier molecular flexibility index (Phi) is 6.55. The van der Waals surface area contributed by atoms with Crippen LogP contribution in [0.5, 0.6) is 0 Å². The Morgan fingerprint density at radius 2 is 1.78 bits per heavy atom. The summed E-state index contributed by atoms with van der Waals surface area (Å²) in [4.78, 5) is 29.6. The second-order valence-electron chi connectivity index (χ2n) is 10.3. The zero-order chi connectivity index (χ0) is 25.2. The summed E-state index contributed by atoms with van der Waals surface area (Å²) in [6.45, 7) is 0. The normalized spacial score (nSPS) is 20.2. The average Bonchev–Trinajstić information content (AvgIpc) is 3.60. The third-order valence-corrected chi connectivity index (χ3v) is 7.63. The van der Waals surface area contributed by atoms with Crippen LogP contribution in [0.4, 0.5) is 10.2 Å². The van der Waals surface area contributed by atoms with Crippen LogP contribution < -0.4 is 10.6 Å². The van der Waals surface area contributed by atoms with Crippen LogP contribution in [0.3, 0.4) is 0 Å². The van der Waals surface area contributed by atoms with E-state index in [0.717, 1.165) is 68.4 Å². The lowest BCUT2D eigenvalue weighted by molar-refractivity contribution is -0.125. The molecular weight excluding hydrogens is 467 g/mol. The van der Waals surface area contributed by atoms with Crippen molar-refractivity contribution in [2.45, 2.75) is 63.5 Å². The van der Waals surface area contributed by atoms with Gasteiger partial charge in [-0.25, -0.2) is 19.3 Å². The third kappa shape index (κ3) is 5.19. The summed E-state index contributed by atoms with van der Waals surface area (Å²) in [5.41, 5.74) is 3.05. The van der Waals surface area contributed by atoms with Gasteiger partial charge >= 0.3 is 0 Å². The molecule has 2 fully saturated rings. The zero-order valence-corrected chi connectivity index (χ0v) is 20.7. The number of H-pyrrole nitrogens is 1. The number of aromatic nitrogens is 4. The highest BCUT2D eigenvalue weighted by atomic mass is 19.1. The first-order valence-electron chi connectivity index (χ1n) is 13.3. The van der Waals surface area contributed by atoms with E-state index in [-0.39, 0.29) is 23.9 Å². The number of rotatable bonds is 6. The van der Waals surface area contributed by atoms with Crippen molar-refractivity contribution in [3.05, 3.63) is 60.7 Å². The Balaban J connectivity index is 1.28. The second kappa shape index (κ2) is 10.3. The molecule has 2 unspecified atom stereocenters. The van der Waals surface area contributed by atoms with Crippen molar-refractivity contribution >= 4 is 22.8 Å². The van der Waals surface area contributed by atoms with Crippen LogP contribution in [0, 0.1) is 11.7 Å². The van der Waals surface area contributed by atoms with E-state index < -0.39 is 5.82 Å². The highest BCUT2D eigenvalue weighted by molar-refractivity contribution is 5.92. The Bertz CT molecular complexity index is 1400. The molecule has 37 heavy (non-hydrogen) atoms. The quantitative estimate of drug-likeness (QED) is 0.310. The summed E-state index contributed by atoms with van der Waals surface area (Å²) in [6, 6.07) is 13.8. The molecule has 0 aliphatic heterocycles. The number of amides is 1. The van der Waals surface area contributed by atoms with Gasteiger partial charge in [0.25, 0.3) is 0 Å². The first-order chi connectivity index (χ1) is 18.1. The molecule has 7 nitrogen and oxygen atoms in total. The SMILES string of the molecule is O=C(NC1CCCC(Nc2cc(-c3ccccc3)nc(-c3c[nH]c4ncc(F)cc34)n2)C1)C1CCCC1. The molecule has 0 spiro atoms. The second-order valence-corrected chi connectivity index (χ2v) is 10.3. The maximum absolute atomic E-state index is 14.0. The van der Waals surface area contributed by atoms with Gasteiger partial charge in [0.15, 0.2) is 5.82 Å². The van der Waals surface area contributed by atoms with Gasteiger partial charge in [0, 0.05) is 46.8 Å². The standard InChI is InChI=1S/C29H31FN6O/c30-20-13-23-24(17-32-27(23)31-16-20)28-35-25(18-7-2-1-3-8-18)15-26(36-28)33-21-11-6-12-22(14-21)34-29(37)19-9-4-5-10-19/h1-3,7-8,13,15-17,19,21-22H,4-6,9-12,14H2,(H,31,32)(H,34,37)(H,33,35,36). The topological polar surface area (TPSA) is 95.6 Å². The maximum Gasteiger partial charge on any atom is 0.223 e. The number of hydrogen-bond donors (Lipinski definition) is 3. The van der Waals surface area contributed by atoms with E-state index in [9.17, 15) is 9.18 Å². The molecule has 2 saturated carbocycles. The summed E-state index contributed by atoms with van der Waals surface area (Å²) < 4.78 is 14.0. The zero-order valence-electron chi connectivity index (χ0n) is 20.7. The van der Waals surface area contributed by atoms with Gasteiger partial charge in [0.05, 0.1) is 11.9 Å². The number of nitrogens with zero attached hydrogens (tertiary/aromatic N) is 3. The predicted octanol–water partition coefficient (Wildman–Crippen LogP) is 5.86. The van der Waals surface area contributed by atoms with Crippen LogP contribution in [0.25, 0.3) is 33.7 Å². The minimum atomic E-state index is -0.404. The average molecular weight is 499 g/mol. The van der Waals surface area contributed by atoms with Crippen LogP contribution in [0.1, 0.15) is 51.4 Å². The molecule has 0 bridgehead atoms. The summed E-state index contributed by atoms with van der Waals surface area (Å²) >= 11 is 0. The number of carbonyl (C=O) groups excluding carboxylic acids is 1. The van der Waals surface area contributed by atoms with E-state index in [2.05, 4.69) is 20.6 Å². The fourth-order valence-corrected chi connectivity index (χ4v) is 5.73. The molecule has 8 heteroatoms. The summed E-state index contributed by atoms with van der Waals surface area (Å²) in [5.74, 6) is 1.22. The molecule has 0 saturated heterocycles. The Hall–Kier alpha value is -3.81. The van der Waals surface area contributed by atoms with E-state index in [4.69, 9.17) is 9.97 Å². The number of nitrogens with one attached hydrogen (secondary N) is 3. The molecule has 1 aromatic carbocycles. The van der Waals surface area contributed by atoms with Crippen molar-refractivity contribution in [3.63, 3.8) is 0 Å². The number of hydrogen-bond acceptors (Lipinski definition) is 5. The molecule has 1 amide bonds. The molecular formula is C29H31FN6O. The fourth-order valence-electron chi connectivity index (χ4n) is 5.73. The van der Waals surface area contributed by atoms with E-state index in [1.165, 1.54) is 12.3 Å². The van der Waals surface area contributed by atoms with E-state index >= 15 is 0 Å². The lowest BCUT2D eigenvalue weighted by Gasteiger charge is -2.31. The smallest absolute Gasteiger partial charge is 0.223 e. The summed E-state index contributed by atoms with van der Waals surface area (Å²) in [7, 11) is 0. The van der Waals surface area contributed by atoms with Gasteiger partial charge in [-0.05, 0) is 44.6 Å². The third-order valence-electron chi connectivity index (χ3n) is 7.63. The minimum absolute atomic E-state index is 0.178. The molecule has 4 aromatic rings. The van der Waals surface area contributed by atoms with E-state index in [1.54, 1.807) is 6.20 Å². The van der Waals surface area contributed by atoms with Gasteiger partial charge < -0.3 is 15.6 Å². The summed E-state index contributed by atoms with van der Waals surface area (Å²) in [6.07, 6.45) is 11.2. The van der Waals surface area contributed by atoms with Crippen molar-refractivity contribution < 1.29 is 9.18 Å². The number of anilines is 1. The van der Waals surface area contributed by atoms with Crippen molar-refractivity contribution in [2.24, 2.45) is 5.92 Å². The van der Waals surface area contributed by atoms with Crippen molar-refractivity contribution in [3.8, 4) is 22.6 Å². The molecule has 3 N–H and O–H groups in total. The van der Waals surface area contributed by atoms with E-state index in [1.807, 2.05) is 36.4 Å². The fraction of sp³-hybridized carbons (Fsp3) is 0.379. The largest absolute Gasteiger partial charge is 0.367 e. The Morgan fingerprint density at radius 3 is 2.62 bits per heavy atom. The van der Waals surface area contributed by atoms with Gasteiger partial charge in [-0.2, -0.15) is 0 Å². The predicted molar refractivity (Wildman–Crippen MR) is 142 cm³/mol. The lowest BCUT2D eigenvalue weighted by Crippen LogP contribution is -2.43. The lowest BCUT2D eigenvalue weighted by atomic mass is 9.90. The van der Waals surface area contributed by atoms with Gasteiger partial charge in [-0.3, -0.25) is 4.79 Å². The van der Waals surface area contributed by atoms with Gasteiger partial charge in [-0.15, -0.1) is 0 Å². The number of benzene rings is 1. The van der Waals surface area contributed by atoms with Crippen molar-refractivity contribution in [1.82, 2.24) is 25.3 Å². The molecule has 3 aromatic heterocycles. The van der Waals surface area contributed by atoms with Gasteiger partial charge in [-0.1, -0.05) is 43.2 Å². The molecule has 2 aliphatic rings. The number of halogens is 1. The van der Waals surface area contributed by atoms with Crippen molar-refractivity contribution in [2.75, 3.05) is 5.32 Å².